The molecule has 8 bridgehead atoms. The maximum atomic E-state index is 12.6. The van der Waals surface area contributed by atoms with Gasteiger partial charge >= 0.3 is 76.4 Å². The summed E-state index contributed by atoms with van der Waals surface area (Å²) in [4.78, 5) is 12.6. The maximum absolute atomic E-state index is 12.6. The fraction of sp³-hybridized carbons (Fsp3) is 0.982. The number of hydrogen-bond acceptors (Lipinski definition) is 14. The summed E-state index contributed by atoms with van der Waals surface area (Å²) in [6.07, 6.45) is 30.1. The number of ether oxygens (including phenoxy) is 1. The Hall–Kier alpha value is 0.725. The van der Waals surface area contributed by atoms with Gasteiger partial charge in [-0.05, 0) is 60.7 Å². The molecule has 14 nitrogen and oxygen atoms in total. The molecule has 6 fully saturated rings. The van der Waals surface area contributed by atoms with Crippen molar-refractivity contribution in [2.24, 2.45) is 41.4 Å². The number of hydrogen-bond donors (Lipinski definition) is 0. The van der Waals surface area contributed by atoms with Gasteiger partial charge in [0.2, 0.25) is 0 Å². The van der Waals surface area contributed by atoms with E-state index in [4.69, 9.17) is 54.1 Å². The average Bonchev–Trinajstić information content (AvgIpc) is 2.81. The van der Waals surface area contributed by atoms with E-state index in [9.17, 15) is 4.79 Å². The largest absolute Gasteiger partial charge is 0.479 e. The first kappa shape index (κ1) is 70.5. The normalized spacial score (nSPS) is 31.6. The highest BCUT2D eigenvalue weighted by molar-refractivity contribution is 7.03. The average molecular weight is 1250 g/mol. The van der Waals surface area contributed by atoms with Gasteiger partial charge in [0.1, 0.15) is 0 Å². The van der Waals surface area contributed by atoms with Crippen molar-refractivity contribution in [3.8, 4) is 0 Å². The standard InChI is InChI=1S/C57H120O14Si8/c1-16-17-18-19-20-21-22-23-24-25-26-27-29-32-35-38-41-59-57(58)40-37-34-31-28-30-33-36-39-42-72-60-73(43-50(2)3)63-76(46-53(8)9)65-74(61-72,44-51(4)5)67-78(48-55(12)13)68-75(62-72,45-52(6)7)66-77(64-73,47-54(10)11)70-79(69-76,71-78)49-56(14)15/h50-56H,16-49H2,1-15H3. The summed E-state index contributed by atoms with van der Waals surface area (Å²) in [7, 11) is -31.5. The SMILES string of the molecule is CCCCCCCCCCCCCCCCCCOC(=O)CCCCCCCCCC[Si]12O[Si]3(CC(C)C)O[Si]4(CC(C)C)O[Si](CC(C)C)(O1)O[Si]1(CC(C)C)O[Si](CC(C)C)(O2)O[Si](CC(C)C)(O3)O[Si](CC(C)C)(O4)O1. The van der Waals surface area contributed by atoms with Crippen LogP contribution in [0.2, 0.25) is 48.4 Å². The third-order valence-corrected chi connectivity index (χ3v) is 55.3. The van der Waals surface area contributed by atoms with Crippen LogP contribution in [0.15, 0.2) is 0 Å². The van der Waals surface area contributed by atoms with Crippen molar-refractivity contribution < 1.29 is 58.9 Å². The number of carbonyl (C=O) groups is 1. The Bertz CT molecular complexity index is 1600. The Labute approximate surface area is 493 Å². The van der Waals surface area contributed by atoms with E-state index in [-0.39, 0.29) is 47.4 Å². The van der Waals surface area contributed by atoms with E-state index < -0.39 is 70.4 Å². The van der Waals surface area contributed by atoms with E-state index in [1.54, 1.807) is 0 Å². The van der Waals surface area contributed by atoms with Crippen molar-refractivity contribution in [2.75, 3.05) is 6.61 Å². The summed E-state index contributed by atoms with van der Waals surface area (Å²) < 4.78 is 101. The zero-order valence-corrected chi connectivity index (χ0v) is 61.3. The molecule has 0 saturated carbocycles. The molecule has 22 heteroatoms. The molecular formula is C57H120O14Si8. The first-order valence-corrected chi connectivity index (χ1v) is 48.4. The molecule has 6 aliphatic heterocycles. The van der Waals surface area contributed by atoms with Crippen LogP contribution in [0, 0.1) is 41.4 Å². The lowest BCUT2D eigenvalue weighted by Gasteiger charge is -2.64. The summed E-state index contributed by atoms with van der Waals surface area (Å²) >= 11 is 0. The van der Waals surface area contributed by atoms with E-state index in [1.807, 2.05) is 0 Å². The third-order valence-electron chi connectivity index (χ3n) is 15.2. The summed E-state index contributed by atoms with van der Waals surface area (Å²) in [5, 5.41) is 0. The minimum Gasteiger partial charge on any atom is -0.466 e. The number of rotatable bonds is 42. The first-order chi connectivity index (χ1) is 37.4. The molecule has 0 aromatic rings. The molecule has 6 heterocycles. The Kier molecular flexibility index (Phi) is 29.6. The first-order valence-electron chi connectivity index (χ1n) is 32.9. The van der Waals surface area contributed by atoms with Gasteiger partial charge < -0.3 is 54.1 Å². The molecule has 0 spiro atoms. The predicted octanol–water partition coefficient (Wildman–Crippen LogP) is 17.7. The highest BCUT2D eigenvalue weighted by atomic mass is 28.6. The van der Waals surface area contributed by atoms with Gasteiger partial charge in [-0.25, -0.2) is 0 Å². The number of esters is 1. The van der Waals surface area contributed by atoms with Gasteiger partial charge in [0.15, 0.2) is 0 Å². The van der Waals surface area contributed by atoms with E-state index in [2.05, 4.69) is 104 Å². The molecule has 0 atom stereocenters. The fourth-order valence-electron chi connectivity index (χ4n) is 12.5. The van der Waals surface area contributed by atoms with Crippen LogP contribution in [-0.4, -0.2) is 83.0 Å². The van der Waals surface area contributed by atoms with E-state index in [0.29, 0.717) is 61.4 Å². The van der Waals surface area contributed by atoms with E-state index >= 15 is 0 Å². The smallest absolute Gasteiger partial charge is 0.466 e. The Balaban J connectivity index is 1.24. The maximum Gasteiger partial charge on any atom is 0.479 e. The van der Waals surface area contributed by atoms with Crippen LogP contribution in [0.25, 0.3) is 0 Å². The fourth-order valence-corrected chi connectivity index (χ4v) is 64.1. The molecular weight excluding hydrogens is 1130 g/mol. The second-order valence-corrected chi connectivity index (χ2v) is 51.8. The lowest BCUT2D eigenvalue weighted by molar-refractivity contribution is -0.143. The predicted molar refractivity (Wildman–Crippen MR) is 333 cm³/mol. The number of unbranched alkanes of at least 4 members (excludes halogenated alkanes) is 22. The van der Waals surface area contributed by atoms with Gasteiger partial charge in [0, 0.05) is 54.8 Å². The van der Waals surface area contributed by atoms with Gasteiger partial charge in [-0.15, -0.1) is 0 Å². The molecule has 0 aromatic carbocycles. The van der Waals surface area contributed by atoms with Crippen molar-refractivity contribution in [3.05, 3.63) is 0 Å². The van der Waals surface area contributed by atoms with Crippen LogP contribution >= 0.6 is 0 Å². The highest BCUT2D eigenvalue weighted by Crippen LogP contribution is 2.56. The second-order valence-electron chi connectivity index (χ2n) is 27.7. The molecule has 464 valence electrons. The van der Waals surface area contributed by atoms with E-state index in [0.717, 1.165) is 64.2 Å². The third kappa shape index (κ3) is 23.4. The van der Waals surface area contributed by atoms with E-state index in [1.165, 1.54) is 89.9 Å². The van der Waals surface area contributed by atoms with Gasteiger partial charge in [0.05, 0.1) is 6.61 Å². The van der Waals surface area contributed by atoms with Gasteiger partial charge in [-0.2, -0.15) is 0 Å². The quantitative estimate of drug-likeness (QED) is 0.0326. The molecule has 0 aromatic heterocycles. The van der Waals surface area contributed by atoms with Crippen LogP contribution in [0.5, 0.6) is 0 Å². The van der Waals surface area contributed by atoms with Crippen LogP contribution in [0.3, 0.4) is 0 Å². The molecule has 6 saturated heterocycles. The molecule has 0 aliphatic carbocycles. The van der Waals surface area contributed by atoms with Crippen LogP contribution < -0.4 is 0 Å². The molecule has 0 N–H and O–H groups in total. The van der Waals surface area contributed by atoms with Crippen LogP contribution in [0.4, 0.5) is 0 Å². The molecule has 0 amide bonds. The second kappa shape index (κ2) is 33.2. The Morgan fingerprint density at radius 2 is 0.481 bits per heavy atom. The molecule has 0 unspecified atom stereocenters. The Morgan fingerprint density at radius 1 is 0.278 bits per heavy atom. The number of carbonyl (C=O) groups excluding carboxylic acids is 1. The zero-order chi connectivity index (χ0) is 57.9. The van der Waals surface area contributed by atoms with Gasteiger partial charge in [-0.3, -0.25) is 4.79 Å². The monoisotopic (exact) mass is 1250 g/mol. The zero-order valence-electron chi connectivity index (χ0n) is 53.3. The molecule has 6 rings (SSSR count). The van der Waals surface area contributed by atoms with Crippen molar-refractivity contribution in [2.45, 2.75) is 313 Å². The lowest BCUT2D eigenvalue weighted by Crippen LogP contribution is -2.88. The molecule has 6 aliphatic rings. The van der Waals surface area contributed by atoms with Crippen LogP contribution in [-0.2, 0) is 58.9 Å². The van der Waals surface area contributed by atoms with Crippen molar-refractivity contribution in [3.63, 3.8) is 0 Å². The van der Waals surface area contributed by atoms with Crippen LogP contribution in [0.1, 0.15) is 264 Å². The highest BCUT2D eigenvalue weighted by Gasteiger charge is 2.83. The summed E-state index contributed by atoms with van der Waals surface area (Å²) in [5.41, 5.74) is 0. The minimum atomic E-state index is -3.96. The Morgan fingerprint density at radius 3 is 0.722 bits per heavy atom. The topological polar surface area (TPSA) is 137 Å². The summed E-state index contributed by atoms with van der Waals surface area (Å²) in [6, 6.07) is 4.00. The summed E-state index contributed by atoms with van der Waals surface area (Å²) in [6.45, 7) is 33.6. The minimum absolute atomic E-state index is 0.0417. The van der Waals surface area contributed by atoms with Crippen molar-refractivity contribution in [1.29, 1.82) is 0 Å². The molecule has 0 radical (unpaired) electrons. The van der Waals surface area contributed by atoms with Crippen molar-refractivity contribution in [1.82, 2.24) is 0 Å². The lowest BCUT2D eigenvalue weighted by atomic mass is 10.0. The van der Waals surface area contributed by atoms with Gasteiger partial charge in [0.25, 0.3) is 0 Å². The molecule has 79 heavy (non-hydrogen) atoms. The van der Waals surface area contributed by atoms with Gasteiger partial charge in [-0.1, -0.05) is 239 Å². The summed E-state index contributed by atoms with van der Waals surface area (Å²) in [5.74, 6) is 0.826. The van der Waals surface area contributed by atoms with Crippen molar-refractivity contribution >= 4 is 76.4 Å².